The highest BCUT2D eigenvalue weighted by Gasteiger charge is 2.16. The summed E-state index contributed by atoms with van der Waals surface area (Å²) in [5, 5.41) is 4.36. The number of hydrogen-bond donors (Lipinski definition) is 1. The molecule has 1 aliphatic heterocycles. The highest BCUT2D eigenvalue weighted by molar-refractivity contribution is 6.31. The summed E-state index contributed by atoms with van der Waals surface area (Å²) >= 11 is 6.03. The fourth-order valence-corrected chi connectivity index (χ4v) is 2.76. The average molecular weight is 294 g/mol. The fraction of sp³-hybridized carbons (Fsp3) is 0.429. The van der Waals surface area contributed by atoms with Crippen molar-refractivity contribution >= 4 is 22.5 Å². The quantitative estimate of drug-likeness (QED) is 0.908. The second-order valence-corrected chi connectivity index (χ2v) is 5.45. The maximum absolute atomic E-state index is 12.5. The lowest BCUT2D eigenvalue weighted by Gasteiger charge is -2.24. The van der Waals surface area contributed by atoms with Crippen molar-refractivity contribution in [2.45, 2.75) is 19.6 Å². The van der Waals surface area contributed by atoms with Crippen LogP contribution < -0.4 is 10.9 Å². The van der Waals surface area contributed by atoms with Crippen molar-refractivity contribution in [3.05, 3.63) is 39.4 Å². The molecule has 2 heterocycles. The number of halogens is 1. The molecule has 0 saturated carbocycles. The van der Waals surface area contributed by atoms with Gasteiger partial charge in [0.1, 0.15) is 0 Å². The standard InChI is InChI=1S/C14H16ClN3O2/c1-9-4-10(15)5-12-13(9)17-8-18(14(12)19)7-11-6-16-2-3-20-11/h4-5,8,11,16H,2-3,6-7H2,1H3/t11-/m0/s1. The van der Waals surface area contributed by atoms with Gasteiger partial charge in [-0.15, -0.1) is 0 Å². The first-order valence-electron chi connectivity index (χ1n) is 6.63. The van der Waals surface area contributed by atoms with Crippen molar-refractivity contribution < 1.29 is 4.74 Å². The first kappa shape index (κ1) is 13.5. The Hall–Kier alpha value is -1.43. The number of morpholine rings is 1. The molecule has 1 atom stereocenters. The van der Waals surface area contributed by atoms with Crippen LogP contribution in [0, 0.1) is 6.92 Å². The van der Waals surface area contributed by atoms with Crippen LogP contribution in [0.15, 0.2) is 23.3 Å². The monoisotopic (exact) mass is 293 g/mol. The molecule has 2 aromatic rings. The lowest BCUT2D eigenvalue weighted by Crippen LogP contribution is -2.42. The van der Waals surface area contributed by atoms with E-state index in [9.17, 15) is 4.79 Å². The van der Waals surface area contributed by atoms with E-state index in [1.807, 2.05) is 13.0 Å². The second kappa shape index (κ2) is 5.52. The SMILES string of the molecule is Cc1cc(Cl)cc2c(=O)n(C[C@@H]3CNCCO3)cnc12. The Bertz CT molecular complexity index is 693. The number of rotatable bonds is 2. The molecular formula is C14H16ClN3O2. The van der Waals surface area contributed by atoms with Crippen molar-refractivity contribution in [2.75, 3.05) is 19.7 Å². The molecule has 0 unspecified atom stereocenters. The summed E-state index contributed by atoms with van der Waals surface area (Å²) in [6.07, 6.45) is 1.59. The van der Waals surface area contributed by atoms with Gasteiger partial charge in [-0.1, -0.05) is 11.6 Å². The lowest BCUT2D eigenvalue weighted by atomic mass is 10.1. The van der Waals surface area contributed by atoms with Crippen LogP contribution in [-0.4, -0.2) is 35.4 Å². The minimum atomic E-state index is -0.0743. The lowest BCUT2D eigenvalue weighted by molar-refractivity contribution is 0.0175. The van der Waals surface area contributed by atoms with Gasteiger partial charge in [0.25, 0.3) is 5.56 Å². The third-order valence-corrected chi connectivity index (χ3v) is 3.71. The Labute approximate surface area is 121 Å². The number of aromatic nitrogens is 2. The van der Waals surface area contributed by atoms with Crippen LogP contribution in [0.4, 0.5) is 0 Å². The van der Waals surface area contributed by atoms with Crippen LogP contribution in [0.2, 0.25) is 5.02 Å². The van der Waals surface area contributed by atoms with Crippen molar-refractivity contribution in [3.63, 3.8) is 0 Å². The molecule has 0 aliphatic carbocycles. The number of fused-ring (bicyclic) bond motifs is 1. The zero-order valence-electron chi connectivity index (χ0n) is 11.2. The molecule has 1 aromatic heterocycles. The van der Waals surface area contributed by atoms with Gasteiger partial charge in [0.15, 0.2) is 0 Å². The number of hydrogen-bond acceptors (Lipinski definition) is 4. The summed E-state index contributed by atoms with van der Waals surface area (Å²) in [4.78, 5) is 16.9. The molecule has 0 amide bonds. The molecule has 3 rings (SSSR count). The van der Waals surface area contributed by atoms with E-state index < -0.39 is 0 Å². The van der Waals surface area contributed by atoms with Crippen LogP contribution in [0.1, 0.15) is 5.56 Å². The van der Waals surface area contributed by atoms with Gasteiger partial charge in [-0.3, -0.25) is 9.36 Å². The van der Waals surface area contributed by atoms with Crippen molar-refractivity contribution in [3.8, 4) is 0 Å². The fourth-order valence-electron chi connectivity index (χ4n) is 2.49. The molecular weight excluding hydrogens is 278 g/mol. The first-order valence-corrected chi connectivity index (χ1v) is 7.00. The second-order valence-electron chi connectivity index (χ2n) is 5.02. The van der Waals surface area contributed by atoms with Gasteiger partial charge in [0.05, 0.1) is 36.5 Å². The highest BCUT2D eigenvalue weighted by Crippen LogP contribution is 2.19. The topological polar surface area (TPSA) is 56.2 Å². The van der Waals surface area contributed by atoms with Gasteiger partial charge in [0.2, 0.25) is 0 Å². The van der Waals surface area contributed by atoms with Gasteiger partial charge < -0.3 is 10.1 Å². The third kappa shape index (κ3) is 2.57. The van der Waals surface area contributed by atoms with Crippen LogP contribution >= 0.6 is 11.6 Å². The van der Waals surface area contributed by atoms with Crippen molar-refractivity contribution in [1.29, 1.82) is 0 Å². The summed E-state index contributed by atoms with van der Waals surface area (Å²) < 4.78 is 7.21. The Morgan fingerprint density at radius 2 is 2.40 bits per heavy atom. The van der Waals surface area contributed by atoms with Crippen LogP contribution in [0.25, 0.3) is 10.9 Å². The molecule has 1 aliphatic rings. The predicted molar refractivity (Wildman–Crippen MR) is 78.4 cm³/mol. The van der Waals surface area contributed by atoms with Crippen LogP contribution in [0.3, 0.4) is 0 Å². The predicted octanol–water partition coefficient (Wildman–Crippen LogP) is 1.35. The van der Waals surface area contributed by atoms with Gasteiger partial charge >= 0.3 is 0 Å². The maximum Gasteiger partial charge on any atom is 0.261 e. The Morgan fingerprint density at radius 3 is 3.15 bits per heavy atom. The summed E-state index contributed by atoms with van der Waals surface area (Å²) in [6.45, 7) is 4.68. The summed E-state index contributed by atoms with van der Waals surface area (Å²) in [7, 11) is 0. The normalized spacial score (nSPS) is 19.4. The van der Waals surface area contributed by atoms with Gasteiger partial charge in [0, 0.05) is 18.1 Å². The van der Waals surface area contributed by atoms with E-state index in [2.05, 4.69) is 10.3 Å². The average Bonchev–Trinajstić information content (AvgIpc) is 2.43. The first-order chi connectivity index (χ1) is 9.65. The Morgan fingerprint density at radius 1 is 1.55 bits per heavy atom. The van der Waals surface area contributed by atoms with E-state index in [4.69, 9.17) is 16.3 Å². The molecule has 1 saturated heterocycles. The van der Waals surface area contributed by atoms with Crippen molar-refractivity contribution in [2.24, 2.45) is 0 Å². The molecule has 1 aromatic carbocycles. The van der Waals surface area contributed by atoms with Crippen LogP contribution in [0.5, 0.6) is 0 Å². The Balaban J connectivity index is 2.00. The zero-order valence-corrected chi connectivity index (χ0v) is 12.0. The highest BCUT2D eigenvalue weighted by atomic mass is 35.5. The van der Waals surface area contributed by atoms with Crippen LogP contribution in [-0.2, 0) is 11.3 Å². The van der Waals surface area contributed by atoms with Gasteiger partial charge in [-0.05, 0) is 24.6 Å². The third-order valence-electron chi connectivity index (χ3n) is 3.49. The summed E-state index contributed by atoms with van der Waals surface area (Å²) in [6, 6.07) is 3.49. The van der Waals surface area contributed by atoms with Gasteiger partial charge in [-0.25, -0.2) is 4.98 Å². The smallest absolute Gasteiger partial charge is 0.261 e. The summed E-state index contributed by atoms with van der Waals surface area (Å²) in [5.74, 6) is 0. The minimum Gasteiger partial charge on any atom is -0.374 e. The van der Waals surface area contributed by atoms with Crippen molar-refractivity contribution in [1.82, 2.24) is 14.9 Å². The van der Waals surface area contributed by atoms with E-state index >= 15 is 0 Å². The van der Waals surface area contributed by atoms with E-state index in [0.717, 1.165) is 18.7 Å². The summed E-state index contributed by atoms with van der Waals surface area (Å²) in [5.41, 5.74) is 1.54. The molecule has 0 radical (unpaired) electrons. The molecule has 6 heteroatoms. The molecule has 106 valence electrons. The number of benzene rings is 1. The molecule has 20 heavy (non-hydrogen) atoms. The van der Waals surface area contributed by atoms with E-state index in [1.54, 1.807) is 17.0 Å². The number of ether oxygens (including phenoxy) is 1. The number of nitrogens with one attached hydrogen (secondary N) is 1. The Kier molecular flexibility index (Phi) is 3.74. The largest absolute Gasteiger partial charge is 0.374 e. The maximum atomic E-state index is 12.5. The molecule has 5 nitrogen and oxygen atoms in total. The van der Waals surface area contributed by atoms with E-state index in [0.29, 0.717) is 29.1 Å². The van der Waals surface area contributed by atoms with E-state index in [1.165, 1.54) is 0 Å². The number of nitrogens with zero attached hydrogens (tertiary/aromatic N) is 2. The molecule has 1 fully saturated rings. The molecule has 0 bridgehead atoms. The van der Waals surface area contributed by atoms with Gasteiger partial charge in [-0.2, -0.15) is 0 Å². The number of aryl methyl sites for hydroxylation is 1. The molecule has 0 spiro atoms. The van der Waals surface area contributed by atoms with E-state index in [-0.39, 0.29) is 11.7 Å². The molecule has 1 N–H and O–H groups in total. The minimum absolute atomic E-state index is 0.000908. The zero-order chi connectivity index (χ0) is 14.1.